The number of nitrogens with one attached hydrogen (secondary N) is 1. The van der Waals surface area contributed by atoms with Gasteiger partial charge in [-0.25, -0.2) is 15.0 Å². The number of aromatic nitrogens is 3. The van der Waals surface area contributed by atoms with Crippen LogP contribution in [-0.4, -0.2) is 21.5 Å². The van der Waals surface area contributed by atoms with Crippen molar-refractivity contribution < 1.29 is 0 Å². The molecule has 0 aliphatic rings. The number of nitrogens with zero attached hydrogens (tertiary/aromatic N) is 3. The molecule has 0 fully saturated rings. The molecule has 18 heavy (non-hydrogen) atoms. The maximum atomic E-state index is 4.52. The van der Waals surface area contributed by atoms with E-state index in [1.165, 1.54) is 0 Å². The van der Waals surface area contributed by atoms with E-state index in [0.29, 0.717) is 0 Å². The van der Waals surface area contributed by atoms with Crippen LogP contribution in [0.15, 0.2) is 24.1 Å². The number of hydrogen-bond donors (Lipinski definition) is 1. The second-order valence-electron chi connectivity index (χ2n) is 4.27. The minimum Gasteiger partial charge on any atom is -0.309 e. The van der Waals surface area contributed by atoms with Crippen LogP contribution in [0.5, 0.6) is 0 Å². The van der Waals surface area contributed by atoms with E-state index in [2.05, 4.69) is 32.6 Å². The van der Waals surface area contributed by atoms with Crippen LogP contribution in [0, 0.1) is 6.92 Å². The van der Waals surface area contributed by atoms with Crippen LogP contribution in [0.3, 0.4) is 0 Å². The number of aryl methyl sites for hydroxylation is 1. The van der Waals surface area contributed by atoms with Crippen molar-refractivity contribution >= 4 is 11.3 Å². The van der Waals surface area contributed by atoms with E-state index in [9.17, 15) is 0 Å². The van der Waals surface area contributed by atoms with Gasteiger partial charge in [0.25, 0.3) is 0 Å². The first-order chi connectivity index (χ1) is 8.79. The van der Waals surface area contributed by atoms with Crippen LogP contribution in [0.1, 0.15) is 35.7 Å². The highest BCUT2D eigenvalue weighted by molar-refractivity contribution is 7.09. The summed E-state index contributed by atoms with van der Waals surface area (Å²) in [7, 11) is 0. The Kier molecular flexibility index (Phi) is 4.78. The van der Waals surface area contributed by atoms with Gasteiger partial charge in [-0.15, -0.1) is 11.3 Å². The number of hydrogen-bond acceptors (Lipinski definition) is 5. The fraction of sp³-hybridized carbons (Fsp3) is 0.462. The van der Waals surface area contributed by atoms with Gasteiger partial charge in [0.1, 0.15) is 6.33 Å². The molecule has 5 heteroatoms. The first-order valence-corrected chi connectivity index (χ1v) is 7.07. The zero-order valence-corrected chi connectivity index (χ0v) is 11.6. The zero-order valence-electron chi connectivity index (χ0n) is 10.8. The second-order valence-corrected chi connectivity index (χ2v) is 5.21. The van der Waals surface area contributed by atoms with Crippen LogP contribution < -0.4 is 5.32 Å². The monoisotopic (exact) mass is 262 g/mol. The topological polar surface area (TPSA) is 50.7 Å². The summed E-state index contributed by atoms with van der Waals surface area (Å²) in [5, 5.41) is 6.78. The van der Waals surface area contributed by atoms with E-state index in [1.54, 1.807) is 17.7 Å². The molecule has 0 aliphatic heterocycles. The Morgan fingerprint density at radius 3 is 2.72 bits per heavy atom. The molecule has 0 spiro atoms. The van der Waals surface area contributed by atoms with Crippen LogP contribution in [0.25, 0.3) is 0 Å². The minimum absolute atomic E-state index is 0.247. The Morgan fingerprint density at radius 1 is 1.33 bits per heavy atom. The predicted octanol–water partition coefficient (Wildman–Crippen LogP) is 2.52. The van der Waals surface area contributed by atoms with Crippen molar-refractivity contribution in [3.63, 3.8) is 0 Å². The van der Waals surface area contributed by atoms with Crippen LogP contribution in [-0.2, 0) is 6.42 Å². The summed E-state index contributed by atoms with van der Waals surface area (Å²) in [5.74, 6) is 0. The molecule has 2 rings (SSSR count). The van der Waals surface area contributed by atoms with E-state index in [0.717, 1.165) is 35.7 Å². The quantitative estimate of drug-likeness (QED) is 0.869. The smallest absolute Gasteiger partial charge is 0.115 e. The molecule has 2 heterocycles. The van der Waals surface area contributed by atoms with Gasteiger partial charge in [-0.3, -0.25) is 0 Å². The van der Waals surface area contributed by atoms with Gasteiger partial charge in [-0.2, -0.15) is 0 Å². The summed E-state index contributed by atoms with van der Waals surface area (Å²) < 4.78 is 0. The molecule has 1 N–H and O–H groups in total. The van der Waals surface area contributed by atoms with Gasteiger partial charge in [0, 0.05) is 41.5 Å². The minimum atomic E-state index is 0.247. The Balaban J connectivity index is 2.10. The van der Waals surface area contributed by atoms with E-state index in [1.807, 2.05) is 19.3 Å². The second kappa shape index (κ2) is 6.56. The third-order valence-corrected chi connectivity index (χ3v) is 3.66. The van der Waals surface area contributed by atoms with E-state index in [4.69, 9.17) is 0 Å². The molecule has 1 unspecified atom stereocenters. The molecule has 0 bridgehead atoms. The standard InChI is InChI=1S/C13H18N4S/c1-3-4-16-12(11-6-14-9-15-7-11)5-13-17-10(2)8-18-13/h6-9,12,16H,3-5H2,1-2H3. The van der Waals surface area contributed by atoms with Crippen molar-refractivity contribution in [2.75, 3.05) is 6.54 Å². The molecule has 4 nitrogen and oxygen atoms in total. The normalized spacial score (nSPS) is 12.6. The number of rotatable bonds is 6. The highest BCUT2D eigenvalue weighted by atomic mass is 32.1. The van der Waals surface area contributed by atoms with Gasteiger partial charge >= 0.3 is 0 Å². The Morgan fingerprint density at radius 2 is 2.11 bits per heavy atom. The third kappa shape index (κ3) is 3.58. The fourth-order valence-corrected chi connectivity index (χ4v) is 2.61. The van der Waals surface area contributed by atoms with Gasteiger partial charge in [-0.05, 0) is 19.9 Å². The molecule has 1 atom stereocenters. The van der Waals surface area contributed by atoms with E-state index < -0.39 is 0 Å². The molecule has 2 aromatic heterocycles. The molecule has 0 saturated heterocycles. The van der Waals surface area contributed by atoms with Crippen molar-refractivity contribution in [2.24, 2.45) is 0 Å². The molecular weight excluding hydrogens is 244 g/mol. The summed E-state index contributed by atoms with van der Waals surface area (Å²) >= 11 is 1.71. The maximum Gasteiger partial charge on any atom is 0.115 e. The first kappa shape index (κ1) is 13.1. The zero-order chi connectivity index (χ0) is 12.8. The fourth-order valence-electron chi connectivity index (χ4n) is 1.79. The summed E-state index contributed by atoms with van der Waals surface area (Å²) in [6, 6.07) is 0.247. The SMILES string of the molecule is CCCNC(Cc1nc(C)cs1)c1cncnc1. The first-order valence-electron chi connectivity index (χ1n) is 6.19. The van der Waals surface area contributed by atoms with Crippen molar-refractivity contribution in [2.45, 2.75) is 32.7 Å². The Bertz CT molecular complexity index is 469. The third-order valence-electron chi connectivity index (χ3n) is 2.67. The van der Waals surface area contributed by atoms with Crippen LogP contribution >= 0.6 is 11.3 Å². The summed E-state index contributed by atoms with van der Waals surface area (Å²) in [6.45, 7) is 5.18. The Hall–Kier alpha value is -1.33. The van der Waals surface area contributed by atoms with Gasteiger partial charge in [0.2, 0.25) is 0 Å². The lowest BCUT2D eigenvalue weighted by Gasteiger charge is -2.16. The van der Waals surface area contributed by atoms with Gasteiger partial charge < -0.3 is 5.32 Å². The van der Waals surface area contributed by atoms with E-state index in [-0.39, 0.29) is 6.04 Å². The van der Waals surface area contributed by atoms with E-state index >= 15 is 0 Å². The van der Waals surface area contributed by atoms with Crippen molar-refractivity contribution in [1.82, 2.24) is 20.3 Å². The highest BCUT2D eigenvalue weighted by Crippen LogP contribution is 2.19. The van der Waals surface area contributed by atoms with Crippen molar-refractivity contribution in [3.8, 4) is 0 Å². The molecule has 0 aromatic carbocycles. The molecule has 0 radical (unpaired) electrons. The van der Waals surface area contributed by atoms with Crippen molar-refractivity contribution in [1.29, 1.82) is 0 Å². The summed E-state index contributed by atoms with van der Waals surface area (Å²) in [5.41, 5.74) is 2.22. The molecule has 0 amide bonds. The average molecular weight is 262 g/mol. The average Bonchev–Trinajstić information content (AvgIpc) is 2.81. The van der Waals surface area contributed by atoms with Crippen LogP contribution in [0.4, 0.5) is 0 Å². The maximum absolute atomic E-state index is 4.52. The van der Waals surface area contributed by atoms with Gasteiger partial charge in [0.15, 0.2) is 0 Å². The summed E-state index contributed by atoms with van der Waals surface area (Å²) in [4.78, 5) is 12.7. The molecule has 0 saturated carbocycles. The van der Waals surface area contributed by atoms with Gasteiger partial charge in [-0.1, -0.05) is 6.92 Å². The lowest BCUT2D eigenvalue weighted by molar-refractivity contribution is 0.525. The molecule has 0 aliphatic carbocycles. The molecule has 2 aromatic rings. The predicted molar refractivity (Wildman–Crippen MR) is 73.6 cm³/mol. The lowest BCUT2D eigenvalue weighted by Crippen LogP contribution is -2.24. The highest BCUT2D eigenvalue weighted by Gasteiger charge is 2.13. The van der Waals surface area contributed by atoms with Gasteiger partial charge in [0.05, 0.1) is 5.01 Å². The number of thiazole rings is 1. The van der Waals surface area contributed by atoms with Crippen LogP contribution in [0.2, 0.25) is 0 Å². The Labute approximate surface area is 112 Å². The summed E-state index contributed by atoms with van der Waals surface area (Å²) in [6.07, 6.45) is 7.32. The lowest BCUT2D eigenvalue weighted by atomic mass is 10.1. The molecule has 96 valence electrons. The largest absolute Gasteiger partial charge is 0.309 e. The molecular formula is C13H18N4S. The van der Waals surface area contributed by atoms with Crippen molar-refractivity contribution in [3.05, 3.63) is 40.4 Å².